The van der Waals surface area contributed by atoms with E-state index >= 15 is 0 Å². The molecule has 0 aliphatic heterocycles. The zero-order valence-electron chi connectivity index (χ0n) is 14.6. The molecule has 6 N–H and O–H groups in total. The number of nitrogens with one attached hydrogen (secondary N) is 2. The fourth-order valence-corrected chi connectivity index (χ4v) is 4.55. The average Bonchev–Trinajstić information content (AvgIpc) is 3.22. The molecule has 2 heterocycles. The Kier molecular flexibility index (Phi) is 4.56. The summed E-state index contributed by atoms with van der Waals surface area (Å²) in [5.74, 6) is 0.358. The van der Waals surface area contributed by atoms with Gasteiger partial charge in [0.15, 0.2) is 0 Å². The third-order valence-electron chi connectivity index (χ3n) is 4.21. The highest BCUT2D eigenvalue weighted by atomic mass is 32.2. The molecule has 0 fully saturated rings. The van der Waals surface area contributed by atoms with Gasteiger partial charge in [0.05, 0.1) is 21.2 Å². The van der Waals surface area contributed by atoms with E-state index < -0.39 is 9.84 Å². The van der Waals surface area contributed by atoms with Crippen LogP contribution in [0.5, 0.6) is 0 Å². The van der Waals surface area contributed by atoms with Crippen molar-refractivity contribution >= 4 is 46.2 Å². The molecular formula is C16H14N8O2S3. The van der Waals surface area contributed by atoms with Crippen LogP contribution in [-0.4, -0.2) is 37.9 Å². The molecule has 0 unspecified atom stereocenters. The van der Waals surface area contributed by atoms with Gasteiger partial charge >= 0.3 is 0 Å². The number of anilines is 2. The lowest BCUT2D eigenvalue weighted by Crippen LogP contribution is -2.05. The first-order chi connectivity index (χ1) is 13.8. The molecule has 0 amide bonds. The molecule has 13 heteroatoms. The predicted molar refractivity (Wildman–Crippen MR) is 112 cm³/mol. The maximum atomic E-state index is 13.0. The number of nitrogens with zero attached hydrogens (tertiary/aromatic N) is 4. The summed E-state index contributed by atoms with van der Waals surface area (Å²) in [6.07, 6.45) is 0. The molecule has 2 aromatic carbocycles. The molecule has 0 spiro atoms. The van der Waals surface area contributed by atoms with E-state index in [4.69, 9.17) is 35.9 Å². The minimum Gasteiger partial charge on any atom is -0.368 e. The predicted octanol–water partition coefficient (Wildman–Crippen LogP) is 2.17. The Balaban J connectivity index is 1.68. The minimum absolute atomic E-state index is 0.127. The molecular weight excluding hydrogens is 432 g/mol. The second-order valence-electron chi connectivity index (χ2n) is 5.94. The van der Waals surface area contributed by atoms with Crippen molar-refractivity contribution in [1.82, 2.24) is 29.5 Å². The van der Waals surface area contributed by atoms with Crippen molar-refractivity contribution in [2.24, 2.45) is 0 Å². The van der Waals surface area contributed by atoms with Gasteiger partial charge in [-0.15, -0.1) is 10.2 Å². The van der Waals surface area contributed by atoms with Crippen molar-refractivity contribution in [2.45, 2.75) is 9.79 Å². The first-order valence-corrected chi connectivity index (χ1v) is 10.4. The van der Waals surface area contributed by atoms with Crippen LogP contribution in [-0.2, 0) is 9.84 Å². The first kappa shape index (κ1) is 19.0. The lowest BCUT2D eigenvalue weighted by Gasteiger charge is -2.09. The van der Waals surface area contributed by atoms with Crippen molar-refractivity contribution in [3.63, 3.8) is 0 Å². The highest BCUT2D eigenvalue weighted by Crippen LogP contribution is 2.24. The van der Waals surface area contributed by atoms with E-state index in [1.54, 1.807) is 24.3 Å². The molecule has 0 saturated carbocycles. The van der Waals surface area contributed by atoms with Gasteiger partial charge in [0, 0.05) is 0 Å². The van der Waals surface area contributed by atoms with Gasteiger partial charge in [-0.25, -0.2) is 18.6 Å². The molecule has 0 saturated heterocycles. The van der Waals surface area contributed by atoms with Crippen LogP contribution in [0.1, 0.15) is 0 Å². The van der Waals surface area contributed by atoms with Crippen LogP contribution >= 0.6 is 24.4 Å². The van der Waals surface area contributed by atoms with Crippen LogP contribution in [0, 0.1) is 9.54 Å². The van der Waals surface area contributed by atoms with E-state index in [2.05, 4.69) is 20.4 Å². The fraction of sp³-hybridized carbons (Fsp3) is 0. The molecule has 4 rings (SSSR count). The summed E-state index contributed by atoms with van der Waals surface area (Å²) in [5, 5.41) is 12.8. The van der Waals surface area contributed by atoms with Gasteiger partial charge in [-0.05, 0) is 73.0 Å². The number of nitrogens with two attached hydrogens (primary N) is 2. The summed E-state index contributed by atoms with van der Waals surface area (Å²) in [7, 11) is -3.73. The number of sulfone groups is 1. The zero-order valence-corrected chi connectivity index (χ0v) is 17.1. The normalized spacial score (nSPS) is 11.6. The van der Waals surface area contributed by atoms with Gasteiger partial charge in [0.25, 0.3) is 0 Å². The number of rotatable bonds is 4. The third-order valence-corrected chi connectivity index (χ3v) is 6.54. The van der Waals surface area contributed by atoms with Gasteiger partial charge in [0.2, 0.25) is 31.3 Å². The van der Waals surface area contributed by atoms with Gasteiger partial charge in [-0.3, -0.25) is 9.13 Å². The molecule has 10 nitrogen and oxygen atoms in total. The van der Waals surface area contributed by atoms with Crippen molar-refractivity contribution in [2.75, 3.05) is 11.5 Å². The van der Waals surface area contributed by atoms with E-state index in [1.807, 2.05) is 0 Å². The van der Waals surface area contributed by atoms with Crippen molar-refractivity contribution < 1.29 is 8.42 Å². The van der Waals surface area contributed by atoms with Crippen LogP contribution < -0.4 is 11.5 Å². The molecule has 4 aromatic rings. The number of hydrogen-bond donors (Lipinski definition) is 4. The Morgan fingerprint density at radius 3 is 1.34 bits per heavy atom. The summed E-state index contributed by atoms with van der Waals surface area (Å²) >= 11 is 10.2. The molecule has 0 atom stereocenters. The van der Waals surface area contributed by atoms with Gasteiger partial charge in [0.1, 0.15) is 0 Å². The molecule has 0 bridgehead atoms. The first-order valence-electron chi connectivity index (χ1n) is 8.11. The highest BCUT2D eigenvalue weighted by molar-refractivity contribution is 7.91. The Morgan fingerprint density at radius 2 is 1.07 bits per heavy atom. The molecule has 0 aliphatic carbocycles. The van der Waals surface area contributed by atoms with Crippen LogP contribution in [0.15, 0.2) is 58.3 Å². The van der Waals surface area contributed by atoms with Crippen molar-refractivity contribution in [3.05, 3.63) is 58.1 Å². The maximum Gasteiger partial charge on any atom is 0.225 e. The minimum atomic E-state index is -3.73. The number of aromatic amines is 2. The molecule has 29 heavy (non-hydrogen) atoms. The van der Waals surface area contributed by atoms with Crippen LogP contribution in [0.2, 0.25) is 0 Å². The SMILES string of the molecule is Nc1n[nH]c(=S)n1-c1ccc(S(=O)(=O)c2ccc(-n3c(N)n[nH]c3=S)cc2)cc1. The van der Waals surface area contributed by atoms with Crippen LogP contribution in [0.25, 0.3) is 11.4 Å². The lowest BCUT2D eigenvalue weighted by molar-refractivity contribution is 0.596. The third kappa shape index (κ3) is 3.24. The summed E-state index contributed by atoms with van der Waals surface area (Å²) in [4.78, 5) is 0.254. The summed E-state index contributed by atoms with van der Waals surface area (Å²) < 4.78 is 29.5. The number of hydrogen-bond acceptors (Lipinski definition) is 8. The Morgan fingerprint density at radius 1 is 0.724 bits per heavy atom. The highest BCUT2D eigenvalue weighted by Gasteiger charge is 2.18. The Bertz CT molecular complexity index is 1310. The van der Waals surface area contributed by atoms with Gasteiger partial charge in [-0.2, -0.15) is 0 Å². The quantitative estimate of drug-likeness (QED) is 0.348. The molecule has 0 aliphatic rings. The second-order valence-corrected chi connectivity index (χ2v) is 8.66. The Labute approximate surface area is 174 Å². The monoisotopic (exact) mass is 446 g/mol. The van der Waals surface area contributed by atoms with Crippen LogP contribution in [0.3, 0.4) is 0 Å². The molecule has 0 radical (unpaired) electrons. The van der Waals surface area contributed by atoms with E-state index in [-0.39, 0.29) is 21.7 Å². The number of nitrogen functional groups attached to an aromatic ring is 2. The van der Waals surface area contributed by atoms with Crippen molar-refractivity contribution in [1.29, 1.82) is 0 Å². The van der Waals surface area contributed by atoms with E-state index in [1.165, 1.54) is 33.4 Å². The maximum absolute atomic E-state index is 13.0. The van der Waals surface area contributed by atoms with E-state index in [0.717, 1.165) is 0 Å². The van der Waals surface area contributed by atoms with E-state index in [0.29, 0.717) is 20.9 Å². The largest absolute Gasteiger partial charge is 0.368 e. The Hall–Kier alpha value is -3.29. The smallest absolute Gasteiger partial charge is 0.225 e. The number of benzene rings is 2. The number of aromatic nitrogens is 6. The van der Waals surface area contributed by atoms with Gasteiger partial charge < -0.3 is 11.5 Å². The van der Waals surface area contributed by atoms with E-state index in [9.17, 15) is 8.42 Å². The summed E-state index contributed by atoms with van der Waals surface area (Å²) in [5.41, 5.74) is 12.7. The summed E-state index contributed by atoms with van der Waals surface area (Å²) in [6.45, 7) is 0. The molecule has 148 valence electrons. The number of H-pyrrole nitrogens is 2. The standard InChI is InChI=1S/C16H14N8O2S3/c17-13-19-21-15(27)23(13)9-1-5-11(6-2-9)29(25,26)12-7-3-10(4-8-12)24-14(18)20-22-16(24)28/h1-8H,(H2,17,19)(H2,18,20)(H,21,27)(H,22,28). The average molecular weight is 447 g/mol. The summed E-state index contributed by atoms with van der Waals surface area (Å²) in [6, 6.07) is 12.4. The van der Waals surface area contributed by atoms with Crippen molar-refractivity contribution in [3.8, 4) is 11.4 Å². The molecule has 2 aromatic heterocycles. The second kappa shape index (κ2) is 6.95. The lowest BCUT2D eigenvalue weighted by atomic mass is 10.3. The topological polar surface area (TPSA) is 153 Å². The zero-order chi connectivity index (χ0) is 20.8. The van der Waals surface area contributed by atoms with Crippen LogP contribution in [0.4, 0.5) is 11.9 Å². The fourth-order valence-electron chi connectivity index (χ4n) is 2.80. The van der Waals surface area contributed by atoms with Gasteiger partial charge in [-0.1, -0.05) is 0 Å².